The smallest absolute Gasteiger partial charge is 0.387 e. The molecule has 1 amide bonds. The van der Waals surface area contributed by atoms with Gasteiger partial charge in [-0.1, -0.05) is 6.07 Å². The fourth-order valence-electron chi connectivity index (χ4n) is 1.69. The molecule has 0 heterocycles. The first kappa shape index (κ1) is 14.8. The molecule has 0 fully saturated rings. The average Bonchev–Trinajstić information content (AvgIpc) is 2.47. The van der Waals surface area contributed by atoms with Gasteiger partial charge >= 0.3 is 6.61 Å². The van der Waals surface area contributed by atoms with Gasteiger partial charge in [0.25, 0.3) is 5.91 Å². The second-order valence-corrected chi connectivity index (χ2v) is 4.09. The molecule has 4 nitrogen and oxygen atoms in total. The van der Waals surface area contributed by atoms with Crippen LogP contribution in [0.15, 0.2) is 48.5 Å². The monoisotopic (exact) mass is 293 g/mol. The molecule has 0 aromatic heterocycles. The third-order valence-electron chi connectivity index (χ3n) is 2.67. The fraction of sp³-hybridized carbons (Fsp3) is 0.133. The molecule has 0 aliphatic rings. The first-order valence-corrected chi connectivity index (χ1v) is 6.09. The Labute approximate surface area is 120 Å². The Kier molecular flexibility index (Phi) is 4.71. The lowest BCUT2D eigenvalue weighted by molar-refractivity contribution is -0.0498. The summed E-state index contributed by atoms with van der Waals surface area (Å²) in [6.07, 6.45) is 0. The zero-order valence-corrected chi connectivity index (χ0v) is 11.2. The minimum atomic E-state index is -2.89. The summed E-state index contributed by atoms with van der Waals surface area (Å²) in [7, 11) is 1.53. The number of anilines is 1. The van der Waals surface area contributed by atoms with E-state index in [1.54, 1.807) is 24.3 Å². The van der Waals surface area contributed by atoms with Crippen molar-refractivity contribution < 1.29 is 23.0 Å². The van der Waals surface area contributed by atoms with Gasteiger partial charge in [-0.2, -0.15) is 8.78 Å². The maximum atomic E-state index is 12.0. The molecule has 0 spiro atoms. The Hall–Kier alpha value is -2.63. The van der Waals surface area contributed by atoms with Gasteiger partial charge in [-0.15, -0.1) is 0 Å². The quantitative estimate of drug-likeness (QED) is 0.917. The van der Waals surface area contributed by atoms with Crippen LogP contribution >= 0.6 is 0 Å². The molecule has 0 saturated heterocycles. The standard InChI is InChI=1S/C15H13F2NO3/c1-20-13-4-2-3-11(9-13)18-14(19)10-5-7-12(8-6-10)21-15(16)17/h2-9,15H,1H3,(H,18,19). The van der Waals surface area contributed by atoms with E-state index in [9.17, 15) is 13.6 Å². The number of hydrogen-bond donors (Lipinski definition) is 1. The molecule has 0 radical (unpaired) electrons. The van der Waals surface area contributed by atoms with Gasteiger partial charge in [0.15, 0.2) is 0 Å². The number of hydrogen-bond acceptors (Lipinski definition) is 3. The Bertz CT molecular complexity index is 615. The maximum Gasteiger partial charge on any atom is 0.387 e. The van der Waals surface area contributed by atoms with E-state index in [4.69, 9.17) is 4.74 Å². The van der Waals surface area contributed by atoms with Gasteiger partial charge in [0.05, 0.1) is 7.11 Å². The first-order chi connectivity index (χ1) is 10.1. The van der Waals surface area contributed by atoms with E-state index in [-0.39, 0.29) is 11.7 Å². The minimum absolute atomic E-state index is 0.00271. The second kappa shape index (κ2) is 6.69. The molecule has 6 heteroatoms. The lowest BCUT2D eigenvalue weighted by Crippen LogP contribution is -2.12. The highest BCUT2D eigenvalue weighted by Gasteiger charge is 2.08. The summed E-state index contributed by atoms with van der Waals surface area (Å²) < 4.78 is 33.3. The van der Waals surface area contributed by atoms with Gasteiger partial charge in [0.1, 0.15) is 11.5 Å². The fourth-order valence-corrected chi connectivity index (χ4v) is 1.69. The molecule has 0 atom stereocenters. The van der Waals surface area contributed by atoms with Crippen LogP contribution in [-0.4, -0.2) is 19.6 Å². The zero-order chi connectivity index (χ0) is 15.2. The lowest BCUT2D eigenvalue weighted by Gasteiger charge is -2.08. The van der Waals surface area contributed by atoms with Crippen LogP contribution in [0.1, 0.15) is 10.4 Å². The van der Waals surface area contributed by atoms with E-state index in [0.717, 1.165) is 0 Å². The van der Waals surface area contributed by atoms with Crippen molar-refractivity contribution in [3.8, 4) is 11.5 Å². The Balaban J connectivity index is 2.05. The average molecular weight is 293 g/mol. The van der Waals surface area contributed by atoms with Crippen molar-refractivity contribution in [2.24, 2.45) is 0 Å². The number of amides is 1. The van der Waals surface area contributed by atoms with Crippen LogP contribution in [0.25, 0.3) is 0 Å². The van der Waals surface area contributed by atoms with Crippen molar-refractivity contribution in [2.45, 2.75) is 6.61 Å². The molecule has 1 N–H and O–H groups in total. The Morgan fingerprint density at radius 3 is 2.43 bits per heavy atom. The van der Waals surface area contributed by atoms with E-state index in [2.05, 4.69) is 10.1 Å². The van der Waals surface area contributed by atoms with Gasteiger partial charge < -0.3 is 14.8 Å². The Morgan fingerprint density at radius 2 is 1.81 bits per heavy atom. The van der Waals surface area contributed by atoms with E-state index in [0.29, 0.717) is 17.0 Å². The molecular formula is C15H13F2NO3. The molecule has 2 rings (SSSR count). The van der Waals surface area contributed by atoms with Crippen molar-refractivity contribution in [2.75, 3.05) is 12.4 Å². The molecule has 110 valence electrons. The summed E-state index contributed by atoms with van der Waals surface area (Å²) in [5, 5.41) is 2.69. The second-order valence-electron chi connectivity index (χ2n) is 4.09. The van der Waals surface area contributed by atoms with Gasteiger partial charge in [-0.05, 0) is 36.4 Å². The predicted molar refractivity (Wildman–Crippen MR) is 74.0 cm³/mol. The normalized spacial score (nSPS) is 10.3. The number of alkyl halides is 2. The summed E-state index contributed by atoms with van der Waals surface area (Å²) in [6, 6.07) is 12.3. The summed E-state index contributed by atoms with van der Waals surface area (Å²) in [6.45, 7) is -2.89. The molecule has 0 saturated carbocycles. The maximum absolute atomic E-state index is 12.0. The highest BCUT2D eigenvalue weighted by atomic mass is 19.3. The van der Waals surface area contributed by atoms with Crippen LogP contribution in [0.2, 0.25) is 0 Å². The van der Waals surface area contributed by atoms with Crippen LogP contribution in [0, 0.1) is 0 Å². The third kappa shape index (κ3) is 4.17. The summed E-state index contributed by atoms with van der Waals surface area (Å²) in [5.41, 5.74) is 0.909. The highest BCUT2D eigenvalue weighted by molar-refractivity contribution is 6.04. The van der Waals surface area contributed by atoms with Crippen molar-refractivity contribution in [1.82, 2.24) is 0 Å². The Morgan fingerprint density at radius 1 is 1.10 bits per heavy atom. The molecule has 0 bridgehead atoms. The number of carbonyl (C=O) groups excluding carboxylic acids is 1. The van der Waals surface area contributed by atoms with Gasteiger partial charge in [0.2, 0.25) is 0 Å². The van der Waals surface area contributed by atoms with Crippen LogP contribution in [0.3, 0.4) is 0 Å². The van der Waals surface area contributed by atoms with Crippen molar-refractivity contribution in [3.63, 3.8) is 0 Å². The van der Waals surface area contributed by atoms with E-state index in [1.165, 1.54) is 31.4 Å². The number of methoxy groups -OCH3 is 1. The largest absolute Gasteiger partial charge is 0.497 e. The molecule has 2 aromatic carbocycles. The molecule has 0 aliphatic carbocycles. The topological polar surface area (TPSA) is 47.6 Å². The molecule has 0 unspecified atom stereocenters. The van der Waals surface area contributed by atoms with Crippen LogP contribution in [0.5, 0.6) is 11.5 Å². The van der Waals surface area contributed by atoms with Crippen LogP contribution in [-0.2, 0) is 0 Å². The predicted octanol–water partition coefficient (Wildman–Crippen LogP) is 3.55. The number of nitrogens with one attached hydrogen (secondary N) is 1. The van der Waals surface area contributed by atoms with Crippen LogP contribution in [0.4, 0.5) is 14.5 Å². The van der Waals surface area contributed by atoms with E-state index < -0.39 is 6.61 Å². The van der Waals surface area contributed by atoms with Gasteiger partial charge in [0, 0.05) is 17.3 Å². The molecule has 0 aliphatic heterocycles. The zero-order valence-electron chi connectivity index (χ0n) is 11.2. The number of rotatable bonds is 5. The van der Waals surface area contributed by atoms with Gasteiger partial charge in [-0.3, -0.25) is 4.79 Å². The van der Waals surface area contributed by atoms with Crippen molar-refractivity contribution in [1.29, 1.82) is 0 Å². The minimum Gasteiger partial charge on any atom is -0.497 e. The van der Waals surface area contributed by atoms with Crippen molar-refractivity contribution in [3.05, 3.63) is 54.1 Å². The number of halogens is 2. The summed E-state index contributed by atoms with van der Waals surface area (Å²) in [4.78, 5) is 12.0. The van der Waals surface area contributed by atoms with Crippen LogP contribution < -0.4 is 14.8 Å². The first-order valence-electron chi connectivity index (χ1n) is 6.09. The van der Waals surface area contributed by atoms with Gasteiger partial charge in [-0.25, -0.2) is 0 Å². The highest BCUT2D eigenvalue weighted by Crippen LogP contribution is 2.19. The number of ether oxygens (including phenoxy) is 2. The van der Waals surface area contributed by atoms with Crippen molar-refractivity contribution >= 4 is 11.6 Å². The summed E-state index contributed by atoms with van der Waals surface area (Å²) in [5.74, 6) is 0.267. The molecule has 21 heavy (non-hydrogen) atoms. The van der Waals surface area contributed by atoms with E-state index in [1.807, 2.05) is 0 Å². The molecule has 2 aromatic rings. The number of carbonyl (C=O) groups is 1. The number of benzene rings is 2. The lowest BCUT2D eigenvalue weighted by atomic mass is 10.2. The summed E-state index contributed by atoms with van der Waals surface area (Å²) >= 11 is 0. The van der Waals surface area contributed by atoms with E-state index >= 15 is 0 Å². The SMILES string of the molecule is COc1cccc(NC(=O)c2ccc(OC(F)F)cc2)c1. The third-order valence-corrected chi connectivity index (χ3v) is 2.67. The molecular weight excluding hydrogens is 280 g/mol.